The third-order valence-corrected chi connectivity index (χ3v) is 7.70. The van der Waals surface area contributed by atoms with E-state index in [1.807, 2.05) is 0 Å². The van der Waals surface area contributed by atoms with Gasteiger partial charge in [0, 0.05) is 17.0 Å². The van der Waals surface area contributed by atoms with E-state index in [0.717, 1.165) is 12.8 Å². The first-order chi connectivity index (χ1) is 10.8. The Morgan fingerprint density at radius 3 is 2.74 bits per heavy atom. The summed E-state index contributed by atoms with van der Waals surface area (Å²) in [6.07, 6.45) is 2.97. The molecule has 1 aromatic carbocycles. The average Bonchev–Trinajstić information content (AvgIpc) is 2.95. The number of hydrogen-bond donors (Lipinski definition) is 0. The molecule has 4 atom stereocenters. The summed E-state index contributed by atoms with van der Waals surface area (Å²) in [6.45, 7) is 5.08. The Balaban J connectivity index is 1.80. The monoisotopic (exact) mass is 348 g/mol. The fourth-order valence-electron chi connectivity index (χ4n) is 5.56. The van der Waals surface area contributed by atoms with Gasteiger partial charge in [0.1, 0.15) is 5.54 Å². The highest BCUT2D eigenvalue weighted by atomic mass is 35.5. The Morgan fingerprint density at radius 1 is 1.39 bits per heavy atom. The number of likely N-dealkylation sites (tertiary alicyclic amines) is 1. The van der Waals surface area contributed by atoms with E-state index >= 15 is 0 Å². The van der Waals surface area contributed by atoms with Gasteiger partial charge in [-0.1, -0.05) is 37.0 Å². The Morgan fingerprint density at radius 2 is 2.13 bits per heavy atom. The number of benzene rings is 1. The highest BCUT2D eigenvalue weighted by Crippen LogP contribution is 2.75. The Kier molecular flexibility index (Phi) is 2.95. The second-order valence-corrected chi connectivity index (χ2v) is 8.52. The number of amides is 1. The summed E-state index contributed by atoms with van der Waals surface area (Å²) in [7, 11) is 0. The van der Waals surface area contributed by atoms with Gasteiger partial charge in [0.15, 0.2) is 0 Å². The van der Waals surface area contributed by atoms with E-state index in [1.165, 1.54) is 6.42 Å². The maximum Gasteiger partial charge on any atom is 0.256 e. The van der Waals surface area contributed by atoms with Crippen molar-refractivity contribution in [1.82, 2.24) is 4.90 Å². The van der Waals surface area contributed by atoms with E-state index in [-0.39, 0.29) is 16.7 Å². The number of carbonyl (C=O) groups excluding carboxylic acids is 1. The molecule has 1 amide bonds. The molecule has 2 aliphatic carbocycles. The molecular weight excluding hydrogens is 331 g/mol. The number of nitrogens with zero attached hydrogens (tertiary/aromatic N) is 2. The number of piperidine rings is 1. The summed E-state index contributed by atoms with van der Waals surface area (Å²) < 4.78 is 0. The molecule has 3 fully saturated rings. The third-order valence-electron chi connectivity index (χ3n) is 7.15. The Labute approximate surface area is 146 Å². The largest absolute Gasteiger partial charge is 0.319 e. The SMILES string of the molecule is C[C@]12CC[C@@H]3C[C@@]1(C#N)N(C(=O)c1ccc(Cl)cc1Cl)C[C@@]32C. The van der Waals surface area contributed by atoms with Crippen molar-refractivity contribution in [3.05, 3.63) is 33.8 Å². The fourth-order valence-corrected chi connectivity index (χ4v) is 6.05. The summed E-state index contributed by atoms with van der Waals surface area (Å²) in [4.78, 5) is 14.9. The minimum absolute atomic E-state index is 0.0251. The third kappa shape index (κ3) is 1.55. The molecule has 0 N–H and O–H groups in total. The number of hydrogen-bond acceptors (Lipinski definition) is 2. The summed E-state index contributed by atoms with van der Waals surface area (Å²) in [5.41, 5.74) is -0.378. The molecular formula is C18H18Cl2N2O. The van der Waals surface area contributed by atoms with Crippen LogP contribution in [0.15, 0.2) is 18.2 Å². The van der Waals surface area contributed by atoms with Gasteiger partial charge in [-0.05, 0) is 48.8 Å². The summed E-state index contributed by atoms with van der Waals surface area (Å²) in [5, 5.41) is 10.9. The minimum atomic E-state index is -0.704. The van der Waals surface area contributed by atoms with Crippen molar-refractivity contribution < 1.29 is 4.79 Å². The van der Waals surface area contributed by atoms with Gasteiger partial charge in [0.05, 0.1) is 16.7 Å². The normalized spacial score (nSPS) is 40.5. The van der Waals surface area contributed by atoms with Gasteiger partial charge in [-0.25, -0.2) is 0 Å². The first kappa shape index (κ1) is 15.3. The van der Waals surface area contributed by atoms with E-state index in [1.54, 1.807) is 23.1 Å². The quantitative estimate of drug-likeness (QED) is 0.747. The van der Waals surface area contributed by atoms with Crippen LogP contribution in [-0.2, 0) is 0 Å². The molecule has 0 unspecified atom stereocenters. The second-order valence-electron chi connectivity index (χ2n) is 7.68. The van der Waals surface area contributed by atoms with Crippen molar-refractivity contribution in [2.45, 2.75) is 38.6 Å². The van der Waals surface area contributed by atoms with Crippen LogP contribution < -0.4 is 0 Å². The lowest BCUT2D eigenvalue weighted by atomic mass is 9.66. The molecule has 2 saturated carbocycles. The molecule has 0 aromatic heterocycles. The zero-order chi connectivity index (χ0) is 16.6. The number of halogens is 2. The van der Waals surface area contributed by atoms with Crippen molar-refractivity contribution >= 4 is 29.1 Å². The molecule has 1 aliphatic heterocycles. The first-order valence-corrected chi connectivity index (χ1v) is 8.73. The smallest absolute Gasteiger partial charge is 0.256 e. The number of nitriles is 1. The van der Waals surface area contributed by atoms with Crippen LogP contribution in [0, 0.1) is 28.1 Å². The van der Waals surface area contributed by atoms with Crippen molar-refractivity contribution in [3.63, 3.8) is 0 Å². The van der Waals surface area contributed by atoms with Crippen LogP contribution in [0.1, 0.15) is 43.5 Å². The van der Waals surface area contributed by atoms with Crippen molar-refractivity contribution in [2.24, 2.45) is 16.7 Å². The molecule has 4 rings (SSSR count). The average molecular weight is 349 g/mol. The lowest BCUT2D eigenvalue weighted by Crippen LogP contribution is -2.54. The molecule has 120 valence electrons. The van der Waals surface area contributed by atoms with Crippen LogP contribution >= 0.6 is 23.2 Å². The van der Waals surface area contributed by atoms with Crippen molar-refractivity contribution in [2.75, 3.05) is 6.54 Å². The lowest BCUT2D eigenvalue weighted by Gasteiger charge is -2.43. The summed E-state index contributed by atoms with van der Waals surface area (Å²) in [5.74, 6) is 0.389. The molecule has 5 heteroatoms. The van der Waals surface area contributed by atoms with Crippen LogP contribution in [0.25, 0.3) is 0 Å². The molecule has 1 saturated heterocycles. The lowest BCUT2D eigenvalue weighted by molar-refractivity contribution is 0.0430. The molecule has 0 spiro atoms. The molecule has 0 radical (unpaired) electrons. The van der Waals surface area contributed by atoms with E-state index < -0.39 is 5.54 Å². The van der Waals surface area contributed by atoms with Gasteiger partial charge in [0.25, 0.3) is 5.91 Å². The van der Waals surface area contributed by atoms with Crippen LogP contribution in [0.3, 0.4) is 0 Å². The maximum atomic E-state index is 13.1. The topological polar surface area (TPSA) is 44.1 Å². The molecule has 3 nitrogen and oxygen atoms in total. The van der Waals surface area contributed by atoms with Gasteiger partial charge in [-0.2, -0.15) is 5.26 Å². The summed E-state index contributed by atoms with van der Waals surface area (Å²) >= 11 is 12.2. The predicted molar refractivity (Wildman–Crippen MR) is 89.4 cm³/mol. The van der Waals surface area contributed by atoms with Gasteiger partial charge >= 0.3 is 0 Å². The number of rotatable bonds is 1. The Hall–Kier alpha value is -1.24. The maximum absolute atomic E-state index is 13.1. The van der Waals surface area contributed by atoms with Crippen LogP contribution in [0.2, 0.25) is 10.0 Å². The molecule has 1 aromatic rings. The van der Waals surface area contributed by atoms with Crippen LogP contribution in [-0.4, -0.2) is 22.9 Å². The molecule has 23 heavy (non-hydrogen) atoms. The fraction of sp³-hybridized carbons (Fsp3) is 0.556. The van der Waals surface area contributed by atoms with Gasteiger partial charge in [0.2, 0.25) is 0 Å². The highest BCUT2D eigenvalue weighted by molar-refractivity contribution is 6.36. The van der Waals surface area contributed by atoms with Crippen LogP contribution in [0.4, 0.5) is 0 Å². The first-order valence-electron chi connectivity index (χ1n) is 7.97. The second kappa shape index (κ2) is 4.43. The van der Waals surface area contributed by atoms with Gasteiger partial charge < -0.3 is 4.90 Å². The summed E-state index contributed by atoms with van der Waals surface area (Å²) in [6, 6.07) is 7.45. The molecule has 4 bridgehead atoms. The van der Waals surface area contributed by atoms with Gasteiger partial charge in [-0.15, -0.1) is 0 Å². The zero-order valence-electron chi connectivity index (χ0n) is 13.2. The van der Waals surface area contributed by atoms with Crippen molar-refractivity contribution in [1.29, 1.82) is 5.26 Å². The standard InChI is InChI=1S/C18H18Cl2N2O/c1-16-10-22(15(23)13-4-3-12(19)7-14(13)20)18(9-21)8-11(16)5-6-17(16,18)2/h3-4,7,11H,5-6,8,10H2,1-2H3/t11-,16+,17-,18+/m1/s1. The van der Waals surface area contributed by atoms with Gasteiger partial charge in [-0.3, -0.25) is 4.79 Å². The zero-order valence-corrected chi connectivity index (χ0v) is 14.7. The van der Waals surface area contributed by atoms with E-state index in [0.29, 0.717) is 28.1 Å². The minimum Gasteiger partial charge on any atom is -0.319 e. The van der Waals surface area contributed by atoms with Crippen LogP contribution in [0.5, 0.6) is 0 Å². The number of carbonyl (C=O) groups is 1. The van der Waals surface area contributed by atoms with Crippen molar-refractivity contribution in [3.8, 4) is 6.07 Å². The molecule has 3 aliphatic rings. The Bertz CT molecular complexity index is 773. The highest BCUT2D eigenvalue weighted by Gasteiger charge is 2.78. The van der Waals surface area contributed by atoms with E-state index in [4.69, 9.17) is 23.2 Å². The van der Waals surface area contributed by atoms with E-state index in [2.05, 4.69) is 19.9 Å². The predicted octanol–water partition coefficient (Wildman–Crippen LogP) is 4.54. The van der Waals surface area contributed by atoms with E-state index in [9.17, 15) is 10.1 Å². The molecule has 1 heterocycles.